The van der Waals surface area contributed by atoms with Crippen LogP contribution >= 0.6 is 0 Å². The molecule has 0 bridgehead atoms. The van der Waals surface area contributed by atoms with E-state index >= 15 is 0 Å². The first-order valence-corrected chi connectivity index (χ1v) is 10.8. The molecule has 2 atom stereocenters. The van der Waals surface area contributed by atoms with Gasteiger partial charge in [-0.2, -0.15) is 0 Å². The van der Waals surface area contributed by atoms with Crippen LogP contribution in [-0.4, -0.2) is 58.6 Å². The molecule has 0 spiro atoms. The molecular formula is C17H24N6O2S. The summed E-state index contributed by atoms with van der Waals surface area (Å²) in [6.07, 6.45) is 7.63. The number of nitrogens with one attached hydrogen (secondary N) is 1. The molecule has 1 saturated heterocycles. The molecule has 2 unspecified atom stereocenters. The molecule has 1 fully saturated rings. The van der Waals surface area contributed by atoms with E-state index in [1.54, 1.807) is 4.31 Å². The number of sulfonamides is 1. The van der Waals surface area contributed by atoms with E-state index < -0.39 is 10.0 Å². The van der Waals surface area contributed by atoms with Crippen molar-refractivity contribution in [1.29, 1.82) is 0 Å². The SMILES string of the molecule is CNc1ncc2c(n1)-c1c(ncn1C1CCN(S(C)(=O)=O)CC1C)CC2. The van der Waals surface area contributed by atoms with E-state index in [9.17, 15) is 8.42 Å². The van der Waals surface area contributed by atoms with Crippen LogP contribution in [0.25, 0.3) is 11.4 Å². The van der Waals surface area contributed by atoms with Crippen molar-refractivity contribution >= 4 is 16.0 Å². The highest BCUT2D eigenvalue weighted by atomic mass is 32.2. The lowest BCUT2D eigenvalue weighted by Crippen LogP contribution is -2.43. The summed E-state index contributed by atoms with van der Waals surface area (Å²) < 4.78 is 27.5. The van der Waals surface area contributed by atoms with Gasteiger partial charge in [0.15, 0.2) is 0 Å². The van der Waals surface area contributed by atoms with Gasteiger partial charge in [0, 0.05) is 32.4 Å². The van der Waals surface area contributed by atoms with E-state index in [1.165, 1.54) is 6.26 Å². The number of hydrogen-bond acceptors (Lipinski definition) is 6. The smallest absolute Gasteiger partial charge is 0.223 e. The minimum atomic E-state index is -3.15. The van der Waals surface area contributed by atoms with Gasteiger partial charge in [-0.3, -0.25) is 0 Å². The van der Waals surface area contributed by atoms with Gasteiger partial charge in [-0.1, -0.05) is 6.92 Å². The summed E-state index contributed by atoms with van der Waals surface area (Å²) in [6, 6.07) is 0.211. The first kappa shape index (κ1) is 17.4. The Bertz CT molecular complexity index is 939. The molecule has 2 aliphatic rings. The van der Waals surface area contributed by atoms with Crippen LogP contribution in [-0.2, 0) is 22.9 Å². The number of fused-ring (bicyclic) bond motifs is 3. The Kier molecular flexibility index (Phi) is 4.23. The van der Waals surface area contributed by atoms with E-state index in [2.05, 4.69) is 26.8 Å². The molecule has 0 saturated carbocycles. The molecule has 0 amide bonds. The first-order valence-electron chi connectivity index (χ1n) is 8.93. The van der Waals surface area contributed by atoms with Crippen LogP contribution in [0.15, 0.2) is 12.5 Å². The second kappa shape index (κ2) is 6.31. The average molecular weight is 376 g/mol. The Hall–Kier alpha value is -2.00. The predicted octanol–water partition coefficient (Wildman–Crippen LogP) is 1.32. The van der Waals surface area contributed by atoms with Gasteiger partial charge in [0.05, 0.1) is 29.7 Å². The van der Waals surface area contributed by atoms with Gasteiger partial charge in [-0.05, 0) is 30.7 Å². The average Bonchev–Trinajstić information content (AvgIpc) is 3.04. The van der Waals surface area contributed by atoms with Crippen LogP contribution in [0.4, 0.5) is 5.95 Å². The molecule has 9 heteroatoms. The molecule has 3 heterocycles. The molecule has 140 valence electrons. The Labute approximate surface area is 153 Å². The van der Waals surface area contributed by atoms with Crippen LogP contribution in [0, 0.1) is 5.92 Å². The van der Waals surface area contributed by atoms with Crippen LogP contribution in [0.1, 0.15) is 30.6 Å². The highest BCUT2D eigenvalue weighted by Gasteiger charge is 2.34. The van der Waals surface area contributed by atoms with Crippen molar-refractivity contribution < 1.29 is 8.42 Å². The van der Waals surface area contributed by atoms with E-state index in [4.69, 9.17) is 4.98 Å². The monoisotopic (exact) mass is 376 g/mol. The summed E-state index contributed by atoms with van der Waals surface area (Å²) in [4.78, 5) is 13.7. The first-order chi connectivity index (χ1) is 12.4. The van der Waals surface area contributed by atoms with Crippen molar-refractivity contribution in [3.8, 4) is 11.4 Å². The number of rotatable bonds is 3. The van der Waals surface area contributed by atoms with Crippen LogP contribution in [0.5, 0.6) is 0 Å². The summed E-state index contributed by atoms with van der Waals surface area (Å²) in [6.45, 7) is 3.19. The van der Waals surface area contributed by atoms with Gasteiger partial charge in [0.1, 0.15) is 0 Å². The van der Waals surface area contributed by atoms with Crippen molar-refractivity contribution in [3.63, 3.8) is 0 Å². The number of piperidine rings is 1. The van der Waals surface area contributed by atoms with Gasteiger partial charge in [-0.15, -0.1) is 0 Å². The van der Waals surface area contributed by atoms with Gasteiger partial charge < -0.3 is 9.88 Å². The minimum Gasteiger partial charge on any atom is -0.357 e. The summed E-state index contributed by atoms with van der Waals surface area (Å²) in [5.74, 6) is 0.803. The van der Waals surface area contributed by atoms with E-state index in [1.807, 2.05) is 19.6 Å². The summed E-state index contributed by atoms with van der Waals surface area (Å²) in [5, 5.41) is 3.01. The zero-order valence-corrected chi connectivity index (χ0v) is 16.1. The van der Waals surface area contributed by atoms with Gasteiger partial charge in [0.25, 0.3) is 0 Å². The Morgan fingerprint density at radius 3 is 2.77 bits per heavy atom. The number of aromatic nitrogens is 4. The standard InChI is InChI=1S/C17H24N6O2S/c1-11-9-22(26(3,24)25)7-6-14(11)23-10-20-13-5-4-12-8-19-17(18-2)21-15(12)16(13)23/h8,10-11,14H,4-7,9H2,1-3H3,(H,18,19,21). The number of aryl methyl sites for hydroxylation is 2. The molecule has 4 rings (SSSR count). The van der Waals surface area contributed by atoms with Crippen LogP contribution in [0.2, 0.25) is 0 Å². The molecule has 2 aromatic heterocycles. The lowest BCUT2D eigenvalue weighted by atomic mass is 9.92. The zero-order valence-electron chi connectivity index (χ0n) is 15.3. The minimum absolute atomic E-state index is 0.202. The fourth-order valence-corrected chi connectivity index (χ4v) is 5.01. The maximum absolute atomic E-state index is 11.9. The van der Waals surface area contributed by atoms with E-state index in [-0.39, 0.29) is 12.0 Å². The van der Waals surface area contributed by atoms with Crippen LogP contribution in [0.3, 0.4) is 0 Å². The van der Waals surface area contributed by atoms with Gasteiger partial charge in [0.2, 0.25) is 16.0 Å². The lowest BCUT2D eigenvalue weighted by molar-refractivity contribution is 0.203. The molecule has 8 nitrogen and oxygen atoms in total. The Morgan fingerprint density at radius 1 is 1.27 bits per heavy atom. The fourth-order valence-electron chi connectivity index (χ4n) is 4.07. The molecule has 1 aliphatic carbocycles. The molecule has 0 radical (unpaired) electrons. The zero-order chi connectivity index (χ0) is 18.5. The second-order valence-electron chi connectivity index (χ2n) is 7.22. The van der Waals surface area contributed by atoms with E-state index in [0.29, 0.717) is 19.0 Å². The topological polar surface area (TPSA) is 93.0 Å². The van der Waals surface area contributed by atoms with Crippen LogP contribution < -0.4 is 5.32 Å². The van der Waals surface area contributed by atoms with Crippen molar-refractivity contribution in [2.75, 3.05) is 31.7 Å². The lowest BCUT2D eigenvalue weighted by Gasteiger charge is -2.37. The van der Waals surface area contributed by atoms with Crippen molar-refractivity contribution in [2.24, 2.45) is 5.92 Å². The number of hydrogen-bond donors (Lipinski definition) is 1. The highest BCUT2D eigenvalue weighted by Crippen LogP contribution is 2.38. The largest absolute Gasteiger partial charge is 0.357 e. The normalized spacial score (nSPS) is 23.3. The summed E-state index contributed by atoms with van der Waals surface area (Å²) >= 11 is 0. The maximum atomic E-state index is 11.9. The predicted molar refractivity (Wildman–Crippen MR) is 99.4 cm³/mol. The quantitative estimate of drug-likeness (QED) is 0.869. The Balaban J connectivity index is 1.71. The third-order valence-corrected chi connectivity index (χ3v) is 6.73. The van der Waals surface area contributed by atoms with E-state index in [0.717, 1.165) is 41.9 Å². The highest BCUT2D eigenvalue weighted by molar-refractivity contribution is 7.88. The molecule has 0 aromatic carbocycles. The van der Waals surface area contributed by atoms with Crippen molar-refractivity contribution in [2.45, 2.75) is 32.2 Å². The third kappa shape index (κ3) is 2.88. The van der Waals surface area contributed by atoms with Gasteiger partial charge in [-0.25, -0.2) is 27.7 Å². The maximum Gasteiger partial charge on any atom is 0.223 e. The number of anilines is 1. The number of imidazole rings is 1. The van der Waals surface area contributed by atoms with Crippen molar-refractivity contribution in [1.82, 2.24) is 23.8 Å². The molecule has 2 aromatic rings. The third-order valence-electron chi connectivity index (χ3n) is 5.46. The summed E-state index contributed by atoms with van der Waals surface area (Å²) in [5.41, 5.74) is 4.21. The molecule has 1 N–H and O–H groups in total. The Morgan fingerprint density at radius 2 is 2.08 bits per heavy atom. The van der Waals surface area contributed by atoms with Gasteiger partial charge >= 0.3 is 0 Å². The fraction of sp³-hybridized carbons (Fsp3) is 0.588. The molecular weight excluding hydrogens is 352 g/mol. The second-order valence-corrected chi connectivity index (χ2v) is 9.20. The summed E-state index contributed by atoms with van der Waals surface area (Å²) in [7, 11) is -1.34. The van der Waals surface area contributed by atoms with Crippen molar-refractivity contribution in [3.05, 3.63) is 23.8 Å². The number of nitrogens with zero attached hydrogens (tertiary/aromatic N) is 5. The molecule has 26 heavy (non-hydrogen) atoms. The molecule has 1 aliphatic heterocycles.